The molecule has 0 saturated heterocycles. The smallest absolute Gasteiger partial charge is 0.228 e. The highest BCUT2D eigenvalue weighted by Gasteiger charge is 2.29. The van der Waals surface area contributed by atoms with E-state index in [4.69, 9.17) is 4.98 Å². The van der Waals surface area contributed by atoms with E-state index in [-0.39, 0.29) is 5.91 Å². The Kier molecular flexibility index (Phi) is 6.53. The van der Waals surface area contributed by atoms with Crippen molar-refractivity contribution >= 4 is 43.8 Å². The van der Waals surface area contributed by atoms with Crippen molar-refractivity contribution in [3.63, 3.8) is 0 Å². The normalized spacial score (nSPS) is 15.3. The summed E-state index contributed by atoms with van der Waals surface area (Å²) in [5.41, 5.74) is 3.59. The number of hydrogen-bond donors (Lipinski definition) is 1. The molecule has 0 radical (unpaired) electrons. The van der Waals surface area contributed by atoms with Crippen LogP contribution in [0.2, 0.25) is 0 Å². The highest BCUT2D eigenvalue weighted by atomic mass is 32.1. The number of nitrogens with one attached hydrogen (secondary N) is 1. The third-order valence-corrected chi connectivity index (χ3v) is 8.21. The molecule has 1 atom stereocenters. The van der Waals surface area contributed by atoms with Crippen molar-refractivity contribution in [1.82, 2.24) is 15.2 Å². The first kappa shape index (κ1) is 21.4. The predicted octanol–water partition coefficient (Wildman–Crippen LogP) is 4.75. The number of fused-ring (bicyclic) bond motifs is 2. The fourth-order valence-electron chi connectivity index (χ4n) is 3.80. The van der Waals surface area contributed by atoms with Crippen molar-refractivity contribution in [1.29, 1.82) is 0 Å². The minimum absolute atomic E-state index is 0.153. The molecule has 1 N–H and O–H groups in total. The molecule has 0 saturated carbocycles. The topological polar surface area (TPSA) is 48.5 Å². The zero-order valence-electron chi connectivity index (χ0n) is 18.2. The van der Waals surface area contributed by atoms with Gasteiger partial charge >= 0.3 is 0 Å². The van der Waals surface area contributed by atoms with Gasteiger partial charge < -0.3 is 15.1 Å². The van der Waals surface area contributed by atoms with Gasteiger partial charge in [-0.05, 0) is 44.5 Å². The van der Waals surface area contributed by atoms with E-state index in [0.29, 0.717) is 19.0 Å². The van der Waals surface area contributed by atoms with E-state index in [1.54, 1.807) is 22.7 Å². The van der Waals surface area contributed by atoms with Gasteiger partial charge in [-0.1, -0.05) is 19.1 Å². The van der Waals surface area contributed by atoms with Crippen LogP contribution in [0.4, 0.5) is 5.00 Å². The number of nitrogens with zero attached hydrogens (tertiary/aromatic N) is 3. The number of anilines is 1. The molecule has 2 aromatic heterocycles. The largest absolute Gasteiger partial charge is 0.314 e. The van der Waals surface area contributed by atoms with Gasteiger partial charge in [-0.2, -0.15) is 0 Å². The van der Waals surface area contributed by atoms with Gasteiger partial charge in [0.1, 0.15) is 10.0 Å². The van der Waals surface area contributed by atoms with Crippen LogP contribution in [0.3, 0.4) is 0 Å². The lowest BCUT2D eigenvalue weighted by Crippen LogP contribution is -2.32. The van der Waals surface area contributed by atoms with Crippen LogP contribution in [-0.2, 0) is 17.8 Å². The fourth-order valence-corrected chi connectivity index (χ4v) is 6.31. The Balaban J connectivity index is 1.67. The fraction of sp³-hybridized carbons (Fsp3) is 0.478. The third-order valence-electron chi connectivity index (χ3n) is 5.86. The number of amides is 1. The Labute approximate surface area is 186 Å². The molecule has 0 bridgehead atoms. The minimum atomic E-state index is 0.153. The lowest BCUT2D eigenvalue weighted by Gasteiger charge is -2.22. The first-order valence-corrected chi connectivity index (χ1v) is 12.3. The molecule has 1 unspecified atom stereocenters. The molecular formula is C23H30N4OS2. The number of rotatable bonds is 7. The van der Waals surface area contributed by atoms with Gasteiger partial charge in [0.2, 0.25) is 5.91 Å². The molecule has 0 fully saturated rings. The zero-order chi connectivity index (χ0) is 21.3. The number of carbonyl (C=O) groups excluding carboxylic acids is 1. The molecule has 7 heteroatoms. The molecule has 30 heavy (non-hydrogen) atoms. The average molecular weight is 443 g/mol. The number of aromatic nitrogens is 1. The molecule has 160 valence electrons. The van der Waals surface area contributed by atoms with Gasteiger partial charge in [-0.3, -0.25) is 4.79 Å². The molecule has 0 spiro atoms. The number of likely N-dealkylation sites (N-methyl/N-ethyl adjacent to an activating group) is 1. The third kappa shape index (κ3) is 4.30. The Hall–Kier alpha value is -1.80. The molecule has 5 nitrogen and oxygen atoms in total. The van der Waals surface area contributed by atoms with E-state index in [1.165, 1.54) is 20.7 Å². The average Bonchev–Trinajstić information content (AvgIpc) is 3.33. The van der Waals surface area contributed by atoms with Crippen molar-refractivity contribution in [3.8, 4) is 10.6 Å². The highest BCUT2D eigenvalue weighted by molar-refractivity contribution is 7.23. The summed E-state index contributed by atoms with van der Waals surface area (Å²) in [6.07, 6.45) is 2.57. The molecule has 1 aliphatic rings. The second-order valence-electron chi connectivity index (χ2n) is 8.12. The van der Waals surface area contributed by atoms with E-state index in [1.807, 2.05) is 18.0 Å². The summed E-state index contributed by atoms with van der Waals surface area (Å²) in [5, 5.41) is 5.50. The van der Waals surface area contributed by atoms with Crippen LogP contribution in [0.15, 0.2) is 24.3 Å². The van der Waals surface area contributed by atoms with Gasteiger partial charge in [-0.15, -0.1) is 22.7 Å². The van der Waals surface area contributed by atoms with Crippen molar-refractivity contribution in [3.05, 3.63) is 34.7 Å². The standard InChI is InChI=1S/C23H30N4OS2/c1-5-15(2)24-12-10-20(28)27(4)23-21(16-11-13-26(3)14-19(16)30-23)22-25-17-8-6-7-9-18(17)29-22/h6-9,15,24H,5,10-14H2,1-4H3. The van der Waals surface area contributed by atoms with Gasteiger partial charge in [0.05, 0.1) is 10.2 Å². The number of para-hydroxylation sites is 1. The van der Waals surface area contributed by atoms with Crippen LogP contribution in [0, 0.1) is 0 Å². The van der Waals surface area contributed by atoms with E-state index in [9.17, 15) is 4.79 Å². The lowest BCUT2D eigenvalue weighted by atomic mass is 10.0. The maximum Gasteiger partial charge on any atom is 0.228 e. The van der Waals surface area contributed by atoms with Crippen LogP contribution >= 0.6 is 22.7 Å². The van der Waals surface area contributed by atoms with Gasteiger partial charge in [0, 0.05) is 49.6 Å². The van der Waals surface area contributed by atoms with Crippen molar-refractivity contribution < 1.29 is 4.79 Å². The Bertz CT molecular complexity index is 1010. The predicted molar refractivity (Wildman–Crippen MR) is 129 cm³/mol. The van der Waals surface area contributed by atoms with Gasteiger partial charge in [0.15, 0.2) is 0 Å². The zero-order valence-corrected chi connectivity index (χ0v) is 19.8. The first-order chi connectivity index (χ1) is 14.5. The minimum Gasteiger partial charge on any atom is -0.314 e. The van der Waals surface area contributed by atoms with Crippen molar-refractivity contribution in [2.75, 3.05) is 32.1 Å². The number of carbonyl (C=O) groups is 1. The molecular weight excluding hydrogens is 412 g/mol. The van der Waals surface area contributed by atoms with E-state index in [2.05, 4.69) is 49.3 Å². The number of hydrogen-bond acceptors (Lipinski definition) is 6. The molecule has 1 aromatic carbocycles. The molecule has 4 rings (SSSR count). The quantitative estimate of drug-likeness (QED) is 0.573. The Morgan fingerprint density at radius 1 is 1.33 bits per heavy atom. The monoisotopic (exact) mass is 442 g/mol. The van der Waals surface area contributed by atoms with Crippen LogP contribution < -0.4 is 10.2 Å². The first-order valence-electron chi connectivity index (χ1n) is 10.7. The molecule has 3 heterocycles. The summed E-state index contributed by atoms with van der Waals surface area (Å²) in [6.45, 7) is 7.00. The maximum atomic E-state index is 13.0. The van der Waals surface area contributed by atoms with Gasteiger partial charge in [0.25, 0.3) is 0 Å². The summed E-state index contributed by atoms with van der Waals surface area (Å²) in [6, 6.07) is 8.72. The Morgan fingerprint density at radius 2 is 2.13 bits per heavy atom. The second-order valence-corrected chi connectivity index (χ2v) is 10.2. The van der Waals surface area contributed by atoms with Crippen LogP contribution in [-0.4, -0.2) is 49.0 Å². The number of thiazole rings is 1. The van der Waals surface area contributed by atoms with Gasteiger partial charge in [-0.25, -0.2) is 4.98 Å². The molecule has 3 aromatic rings. The molecule has 1 aliphatic heterocycles. The molecule has 0 aliphatic carbocycles. The van der Waals surface area contributed by atoms with Crippen LogP contribution in [0.5, 0.6) is 0 Å². The summed E-state index contributed by atoms with van der Waals surface area (Å²) in [4.78, 5) is 23.5. The summed E-state index contributed by atoms with van der Waals surface area (Å²) < 4.78 is 1.19. The Morgan fingerprint density at radius 3 is 2.90 bits per heavy atom. The summed E-state index contributed by atoms with van der Waals surface area (Å²) in [7, 11) is 4.08. The van der Waals surface area contributed by atoms with E-state index >= 15 is 0 Å². The summed E-state index contributed by atoms with van der Waals surface area (Å²) >= 11 is 3.49. The van der Waals surface area contributed by atoms with E-state index in [0.717, 1.165) is 41.5 Å². The van der Waals surface area contributed by atoms with Crippen LogP contribution in [0.1, 0.15) is 37.1 Å². The summed E-state index contributed by atoms with van der Waals surface area (Å²) in [5.74, 6) is 0.153. The lowest BCUT2D eigenvalue weighted by molar-refractivity contribution is -0.118. The molecule has 1 amide bonds. The second kappa shape index (κ2) is 9.14. The number of benzene rings is 1. The number of thiophene rings is 1. The SMILES string of the molecule is CCC(C)NCCC(=O)N(C)c1sc2c(c1-c1nc3ccccc3s1)CCN(C)C2. The maximum absolute atomic E-state index is 13.0. The highest BCUT2D eigenvalue weighted by Crippen LogP contribution is 2.46. The van der Waals surface area contributed by atoms with Crippen molar-refractivity contribution in [2.24, 2.45) is 0 Å². The van der Waals surface area contributed by atoms with Crippen LogP contribution in [0.25, 0.3) is 20.8 Å². The van der Waals surface area contributed by atoms with E-state index < -0.39 is 0 Å². The van der Waals surface area contributed by atoms with Crippen molar-refractivity contribution in [2.45, 2.75) is 45.7 Å².